The summed E-state index contributed by atoms with van der Waals surface area (Å²) in [6.45, 7) is 7.22. The van der Waals surface area contributed by atoms with E-state index in [9.17, 15) is 9.59 Å². The van der Waals surface area contributed by atoms with Crippen molar-refractivity contribution in [1.29, 1.82) is 0 Å². The van der Waals surface area contributed by atoms with Crippen LogP contribution in [-0.2, 0) is 32.4 Å². The van der Waals surface area contributed by atoms with Crippen molar-refractivity contribution >= 4 is 21.6 Å². The SMILES string of the molecule is Cc1cc(C)c(Cn2c(=O)n(CCc3ccccc3)c(=O)c3c4c(sc32)CCCC4)c(C)c1. The Labute approximate surface area is 198 Å². The van der Waals surface area contributed by atoms with Crippen molar-refractivity contribution in [2.75, 3.05) is 0 Å². The summed E-state index contributed by atoms with van der Waals surface area (Å²) in [5.41, 5.74) is 6.79. The minimum atomic E-state index is -0.193. The van der Waals surface area contributed by atoms with Gasteiger partial charge in [0.05, 0.1) is 11.9 Å². The number of thiophene rings is 1. The largest absolute Gasteiger partial charge is 0.332 e. The topological polar surface area (TPSA) is 44.0 Å². The highest BCUT2D eigenvalue weighted by Crippen LogP contribution is 2.34. The molecule has 5 rings (SSSR count). The summed E-state index contributed by atoms with van der Waals surface area (Å²) in [4.78, 5) is 29.6. The Morgan fingerprint density at radius 2 is 1.61 bits per heavy atom. The summed E-state index contributed by atoms with van der Waals surface area (Å²) < 4.78 is 3.35. The van der Waals surface area contributed by atoms with Crippen LogP contribution in [0.15, 0.2) is 52.1 Å². The lowest BCUT2D eigenvalue weighted by atomic mass is 9.97. The molecular formula is C28H30N2O2S. The van der Waals surface area contributed by atoms with Crippen LogP contribution >= 0.6 is 11.3 Å². The minimum Gasteiger partial charge on any atom is -0.280 e. The van der Waals surface area contributed by atoms with Crippen LogP contribution in [0.25, 0.3) is 10.2 Å². The molecular weight excluding hydrogens is 428 g/mol. The second-order valence-electron chi connectivity index (χ2n) is 9.33. The van der Waals surface area contributed by atoms with Gasteiger partial charge in [0, 0.05) is 11.4 Å². The van der Waals surface area contributed by atoms with Gasteiger partial charge in [0.1, 0.15) is 4.83 Å². The fourth-order valence-corrected chi connectivity index (χ4v) is 6.63. The number of nitrogens with zero attached hydrogens (tertiary/aromatic N) is 2. The monoisotopic (exact) mass is 458 g/mol. The molecule has 4 nitrogen and oxygen atoms in total. The molecule has 0 unspecified atom stereocenters. The molecule has 0 fully saturated rings. The van der Waals surface area contributed by atoms with Gasteiger partial charge < -0.3 is 0 Å². The summed E-state index contributed by atoms with van der Waals surface area (Å²) in [6.07, 6.45) is 4.87. The van der Waals surface area contributed by atoms with E-state index in [4.69, 9.17) is 0 Å². The average Bonchev–Trinajstić information content (AvgIpc) is 3.18. The fourth-order valence-electron chi connectivity index (χ4n) is 5.26. The highest BCUT2D eigenvalue weighted by Gasteiger charge is 2.24. The number of aromatic nitrogens is 2. The second kappa shape index (κ2) is 8.79. The zero-order valence-corrected chi connectivity index (χ0v) is 20.4. The van der Waals surface area contributed by atoms with Crippen LogP contribution in [-0.4, -0.2) is 9.13 Å². The fraction of sp³-hybridized carbons (Fsp3) is 0.357. The highest BCUT2D eigenvalue weighted by atomic mass is 32.1. The Bertz CT molecular complexity index is 1430. The first-order chi connectivity index (χ1) is 15.9. The van der Waals surface area contributed by atoms with E-state index in [1.54, 1.807) is 11.3 Å². The van der Waals surface area contributed by atoms with Crippen LogP contribution in [0.4, 0.5) is 0 Å². The van der Waals surface area contributed by atoms with Crippen molar-refractivity contribution in [2.24, 2.45) is 0 Å². The quantitative estimate of drug-likeness (QED) is 0.406. The van der Waals surface area contributed by atoms with Gasteiger partial charge in [-0.3, -0.25) is 13.9 Å². The lowest BCUT2D eigenvalue weighted by molar-refractivity contribution is 0.589. The van der Waals surface area contributed by atoms with E-state index in [0.717, 1.165) is 41.5 Å². The smallest absolute Gasteiger partial charge is 0.280 e. The molecule has 0 bridgehead atoms. The third-order valence-corrected chi connectivity index (χ3v) is 8.26. The Kier molecular flexibility index (Phi) is 5.83. The molecule has 170 valence electrons. The Hall–Kier alpha value is -2.92. The molecule has 4 aromatic rings. The van der Waals surface area contributed by atoms with E-state index >= 15 is 0 Å². The van der Waals surface area contributed by atoms with Gasteiger partial charge in [0.15, 0.2) is 0 Å². The summed E-state index contributed by atoms with van der Waals surface area (Å²) >= 11 is 1.66. The van der Waals surface area contributed by atoms with E-state index in [1.807, 2.05) is 34.9 Å². The predicted molar refractivity (Wildman–Crippen MR) is 137 cm³/mol. The number of fused-ring (bicyclic) bond motifs is 3. The van der Waals surface area contributed by atoms with E-state index in [2.05, 4.69) is 32.9 Å². The predicted octanol–water partition coefficient (Wildman–Crippen LogP) is 5.32. The third-order valence-electron chi connectivity index (χ3n) is 6.94. The van der Waals surface area contributed by atoms with E-state index in [-0.39, 0.29) is 11.2 Å². The van der Waals surface area contributed by atoms with Crippen LogP contribution in [0.1, 0.15) is 51.1 Å². The summed E-state index contributed by atoms with van der Waals surface area (Å²) in [5, 5.41) is 0.782. The first-order valence-corrected chi connectivity index (χ1v) is 12.6. The molecule has 2 aromatic carbocycles. The van der Waals surface area contributed by atoms with Crippen molar-refractivity contribution in [3.8, 4) is 0 Å². The number of hydrogen-bond donors (Lipinski definition) is 0. The van der Waals surface area contributed by atoms with Crippen LogP contribution in [0.5, 0.6) is 0 Å². The van der Waals surface area contributed by atoms with E-state index in [1.165, 1.54) is 37.3 Å². The first-order valence-electron chi connectivity index (χ1n) is 11.8. The summed E-state index contributed by atoms with van der Waals surface area (Å²) in [5.74, 6) is 0. The second-order valence-corrected chi connectivity index (χ2v) is 10.4. The average molecular weight is 459 g/mol. The van der Waals surface area contributed by atoms with Crippen LogP contribution in [0.3, 0.4) is 0 Å². The molecule has 0 saturated heterocycles. The standard InChI is InChI=1S/C28H30N2O2S/c1-18-15-19(2)23(20(3)16-18)17-30-27-25(22-11-7-8-12-24(22)33-27)26(31)29(28(30)32)14-13-21-9-5-4-6-10-21/h4-6,9-10,15-16H,7-8,11-14,17H2,1-3H3. The van der Waals surface area contributed by atoms with Gasteiger partial charge in [-0.25, -0.2) is 4.79 Å². The molecule has 0 radical (unpaired) electrons. The summed E-state index contributed by atoms with van der Waals surface area (Å²) in [6, 6.07) is 14.4. The number of aryl methyl sites for hydroxylation is 6. The van der Waals surface area contributed by atoms with Crippen molar-refractivity contribution in [1.82, 2.24) is 9.13 Å². The number of rotatable bonds is 5. The lowest BCUT2D eigenvalue weighted by Crippen LogP contribution is -2.40. The van der Waals surface area contributed by atoms with Crippen LogP contribution in [0.2, 0.25) is 0 Å². The molecule has 1 aliphatic carbocycles. The Morgan fingerprint density at radius 3 is 2.33 bits per heavy atom. The zero-order valence-electron chi connectivity index (χ0n) is 19.6. The van der Waals surface area contributed by atoms with Crippen molar-refractivity contribution in [2.45, 2.75) is 66.0 Å². The molecule has 0 aliphatic heterocycles. The number of hydrogen-bond acceptors (Lipinski definition) is 3. The Balaban J connectivity index is 1.69. The highest BCUT2D eigenvalue weighted by molar-refractivity contribution is 7.18. The van der Waals surface area contributed by atoms with E-state index < -0.39 is 0 Å². The maximum absolute atomic E-state index is 13.8. The normalized spacial score (nSPS) is 13.4. The maximum Gasteiger partial charge on any atom is 0.332 e. The molecule has 0 saturated carbocycles. The maximum atomic E-state index is 13.8. The molecule has 0 spiro atoms. The third kappa shape index (κ3) is 3.99. The van der Waals surface area contributed by atoms with E-state index in [0.29, 0.717) is 19.5 Å². The van der Waals surface area contributed by atoms with Crippen molar-refractivity contribution in [3.05, 3.63) is 102 Å². The molecule has 0 amide bonds. The Morgan fingerprint density at radius 1 is 0.909 bits per heavy atom. The van der Waals surface area contributed by atoms with Gasteiger partial charge in [-0.1, -0.05) is 48.0 Å². The van der Waals surface area contributed by atoms with Gasteiger partial charge in [-0.2, -0.15) is 0 Å². The molecule has 2 heterocycles. The van der Waals surface area contributed by atoms with Crippen molar-refractivity contribution < 1.29 is 0 Å². The van der Waals surface area contributed by atoms with Gasteiger partial charge in [-0.05, 0) is 80.7 Å². The molecule has 5 heteroatoms. The molecule has 2 aromatic heterocycles. The minimum absolute atomic E-state index is 0.112. The van der Waals surface area contributed by atoms with Gasteiger partial charge in [0.2, 0.25) is 0 Å². The first kappa shape index (κ1) is 21.9. The molecule has 33 heavy (non-hydrogen) atoms. The van der Waals surface area contributed by atoms with Crippen molar-refractivity contribution in [3.63, 3.8) is 0 Å². The van der Waals surface area contributed by atoms with Crippen LogP contribution < -0.4 is 11.2 Å². The van der Waals surface area contributed by atoms with Gasteiger partial charge >= 0.3 is 5.69 Å². The zero-order chi connectivity index (χ0) is 23.1. The number of benzene rings is 2. The van der Waals surface area contributed by atoms with Gasteiger partial charge in [0.25, 0.3) is 5.56 Å². The molecule has 0 N–H and O–H groups in total. The summed E-state index contributed by atoms with van der Waals surface area (Å²) in [7, 11) is 0. The lowest BCUT2D eigenvalue weighted by Gasteiger charge is -2.16. The van der Waals surface area contributed by atoms with Gasteiger partial charge in [-0.15, -0.1) is 11.3 Å². The molecule has 1 aliphatic rings. The van der Waals surface area contributed by atoms with Crippen LogP contribution in [0, 0.1) is 20.8 Å². The molecule has 0 atom stereocenters.